The second-order valence-corrected chi connectivity index (χ2v) is 3.93. The van der Waals surface area contributed by atoms with Crippen molar-refractivity contribution in [2.75, 3.05) is 46.4 Å². The van der Waals surface area contributed by atoms with Crippen LogP contribution in [0.5, 0.6) is 0 Å². The van der Waals surface area contributed by atoms with Gasteiger partial charge in [0, 0.05) is 32.7 Å². The Hall–Kier alpha value is 0.610. The Morgan fingerprint density at radius 1 is 1.25 bits per heavy atom. The molecule has 0 atom stereocenters. The topological polar surface area (TPSA) is 15.7 Å². The van der Waals surface area contributed by atoms with Gasteiger partial charge in [-0.3, -0.25) is 0 Å². The fourth-order valence-electron chi connectivity index (χ4n) is 1.41. The minimum Gasteiger partial charge on any atom is -0.316 e. The molecule has 12 heavy (non-hydrogen) atoms. The van der Waals surface area contributed by atoms with Crippen molar-refractivity contribution in [2.24, 2.45) is 0 Å². The van der Waals surface area contributed by atoms with Gasteiger partial charge in [-0.25, -0.2) is 0 Å². The predicted octanol–water partition coefficient (Wildman–Crippen LogP) is 0.990. The Balaban J connectivity index is 2.01. The molecular formula is C8H17IN2O. The summed E-state index contributed by atoms with van der Waals surface area (Å²) in [5.41, 5.74) is 0. The van der Waals surface area contributed by atoms with Crippen molar-refractivity contribution in [1.29, 1.82) is 0 Å². The van der Waals surface area contributed by atoms with Gasteiger partial charge in [0.05, 0.1) is 6.61 Å². The molecule has 0 aromatic heterocycles. The predicted molar refractivity (Wildman–Crippen MR) is 58.5 cm³/mol. The highest BCUT2D eigenvalue weighted by molar-refractivity contribution is 14.1. The van der Waals surface area contributed by atoms with Gasteiger partial charge in [-0.2, -0.15) is 0 Å². The molecule has 1 heterocycles. The van der Waals surface area contributed by atoms with E-state index in [9.17, 15) is 0 Å². The summed E-state index contributed by atoms with van der Waals surface area (Å²) < 4.78 is 4.99. The maximum absolute atomic E-state index is 4.99. The lowest BCUT2D eigenvalue weighted by molar-refractivity contribution is 0.149. The van der Waals surface area contributed by atoms with Crippen LogP contribution in [0.3, 0.4) is 0 Å². The van der Waals surface area contributed by atoms with Gasteiger partial charge in [0.1, 0.15) is 23.0 Å². The zero-order valence-electron chi connectivity index (χ0n) is 7.63. The standard InChI is InChI=1S/C8H17IN2O/c1-10-4-6-11(7-5-10)3-2-8-12-9/h2-8H2,1H3. The molecule has 0 radical (unpaired) electrons. The average Bonchev–Trinajstić information content (AvgIpc) is 2.09. The van der Waals surface area contributed by atoms with Crippen molar-refractivity contribution in [3.05, 3.63) is 0 Å². The summed E-state index contributed by atoms with van der Waals surface area (Å²) in [6.45, 7) is 6.94. The van der Waals surface area contributed by atoms with E-state index < -0.39 is 0 Å². The molecule has 72 valence electrons. The van der Waals surface area contributed by atoms with E-state index in [1.165, 1.54) is 32.7 Å². The lowest BCUT2D eigenvalue weighted by Gasteiger charge is -2.32. The first-order chi connectivity index (χ1) is 5.83. The van der Waals surface area contributed by atoms with Crippen molar-refractivity contribution >= 4 is 23.0 Å². The molecule has 1 aliphatic heterocycles. The van der Waals surface area contributed by atoms with Gasteiger partial charge in [0.25, 0.3) is 0 Å². The molecule has 4 heteroatoms. The summed E-state index contributed by atoms with van der Waals surface area (Å²) in [7, 11) is 2.19. The zero-order valence-corrected chi connectivity index (χ0v) is 9.79. The summed E-state index contributed by atoms with van der Waals surface area (Å²) in [5, 5.41) is 0. The minimum absolute atomic E-state index is 0.882. The van der Waals surface area contributed by atoms with E-state index in [0.29, 0.717) is 0 Å². The number of nitrogens with zero attached hydrogens (tertiary/aromatic N) is 2. The second kappa shape index (κ2) is 6.12. The van der Waals surface area contributed by atoms with E-state index in [2.05, 4.69) is 16.8 Å². The molecule has 1 fully saturated rings. The molecule has 0 amide bonds. The zero-order chi connectivity index (χ0) is 8.81. The fraction of sp³-hybridized carbons (Fsp3) is 1.00. The number of piperazine rings is 1. The number of likely N-dealkylation sites (N-methyl/N-ethyl adjacent to an activating group) is 1. The molecule has 0 aromatic rings. The Labute approximate surface area is 88.7 Å². The van der Waals surface area contributed by atoms with Gasteiger partial charge in [-0.1, -0.05) is 0 Å². The summed E-state index contributed by atoms with van der Waals surface area (Å²) in [6, 6.07) is 0. The fourth-order valence-corrected chi connectivity index (χ4v) is 1.73. The number of hydrogen-bond acceptors (Lipinski definition) is 3. The average molecular weight is 284 g/mol. The molecule has 3 nitrogen and oxygen atoms in total. The van der Waals surface area contributed by atoms with Crippen LogP contribution in [-0.4, -0.2) is 56.2 Å². The Morgan fingerprint density at radius 3 is 2.50 bits per heavy atom. The van der Waals surface area contributed by atoms with Gasteiger partial charge < -0.3 is 12.9 Å². The van der Waals surface area contributed by atoms with Crippen LogP contribution in [0.25, 0.3) is 0 Å². The molecule has 0 bridgehead atoms. The molecule has 0 N–H and O–H groups in total. The molecule has 0 saturated carbocycles. The van der Waals surface area contributed by atoms with Crippen molar-refractivity contribution < 1.29 is 3.07 Å². The van der Waals surface area contributed by atoms with Crippen LogP contribution in [0.1, 0.15) is 6.42 Å². The highest BCUT2D eigenvalue weighted by Gasteiger charge is 2.12. The van der Waals surface area contributed by atoms with Crippen LogP contribution < -0.4 is 0 Å². The molecule has 0 aliphatic carbocycles. The Kier molecular flexibility index (Phi) is 5.45. The van der Waals surface area contributed by atoms with Gasteiger partial charge >= 0.3 is 0 Å². The molecular weight excluding hydrogens is 267 g/mol. The van der Waals surface area contributed by atoms with Gasteiger partial charge in [-0.05, 0) is 13.5 Å². The monoisotopic (exact) mass is 284 g/mol. The number of hydrogen-bond donors (Lipinski definition) is 0. The van der Waals surface area contributed by atoms with Crippen LogP contribution in [-0.2, 0) is 3.07 Å². The van der Waals surface area contributed by atoms with Crippen LogP contribution in [0, 0.1) is 0 Å². The summed E-state index contributed by atoms with van der Waals surface area (Å²) in [4.78, 5) is 4.89. The van der Waals surface area contributed by atoms with Crippen LogP contribution >= 0.6 is 23.0 Å². The van der Waals surface area contributed by atoms with E-state index in [0.717, 1.165) is 13.0 Å². The minimum atomic E-state index is 0.882. The SMILES string of the molecule is CN1CCN(CCCOI)CC1. The van der Waals surface area contributed by atoms with E-state index in [-0.39, 0.29) is 0 Å². The first-order valence-corrected chi connectivity index (χ1v) is 5.35. The van der Waals surface area contributed by atoms with Crippen molar-refractivity contribution in [3.63, 3.8) is 0 Å². The van der Waals surface area contributed by atoms with E-state index in [1.54, 1.807) is 0 Å². The van der Waals surface area contributed by atoms with Crippen LogP contribution in [0.2, 0.25) is 0 Å². The van der Waals surface area contributed by atoms with Crippen molar-refractivity contribution in [3.8, 4) is 0 Å². The maximum atomic E-state index is 4.99. The van der Waals surface area contributed by atoms with Crippen LogP contribution in [0.15, 0.2) is 0 Å². The van der Waals surface area contributed by atoms with Crippen molar-refractivity contribution in [1.82, 2.24) is 9.80 Å². The highest BCUT2D eigenvalue weighted by atomic mass is 127. The Morgan fingerprint density at radius 2 is 1.92 bits per heavy atom. The molecule has 1 rings (SSSR count). The first kappa shape index (κ1) is 10.7. The van der Waals surface area contributed by atoms with Gasteiger partial charge in [-0.15, -0.1) is 0 Å². The largest absolute Gasteiger partial charge is 0.316 e. The molecule has 0 aromatic carbocycles. The summed E-state index contributed by atoms with van der Waals surface area (Å²) in [6.07, 6.45) is 1.16. The van der Waals surface area contributed by atoms with Crippen molar-refractivity contribution in [2.45, 2.75) is 6.42 Å². The Bertz CT molecular complexity index is 116. The summed E-state index contributed by atoms with van der Waals surface area (Å²) >= 11 is 1.96. The lowest BCUT2D eigenvalue weighted by atomic mass is 10.3. The molecule has 1 saturated heterocycles. The van der Waals surface area contributed by atoms with E-state index in [1.807, 2.05) is 23.0 Å². The summed E-state index contributed by atoms with van der Waals surface area (Å²) in [5.74, 6) is 0. The first-order valence-electron chi connectivity index (χ1n) is 4.47. The van der Waals surface area contributed by atoms with E-state index >= 15 is 0 Å². The number of rotatable bonds is 4. The third-order valence-corrected chi connectivity index (χ3v) is 2.73. The third kappa shape index (κ3) is 4.02. The molecule has 0 unspecified atom stereocenters. The highest BCUT2D eigenvalue weighted by Crippen LogP contribution is 2.00. The quantitative estimate of drug-likeness (QED) is 0.565. The van der Waals surface area contributed by atoms with Crippen LogP contribution in [0.4, 0.5) is 0 Å². The third-order valence-electron chi connectivity index (χ3n) is 2.29. The number of halogens is 1. The maximum Gasteiger partial charge on any atom is 0.109 e. The van der Waals surface area contributed by atoms with Gasteiger partial charge in [0.2, 0.25) is 0 Å². The molecule has 1 aliphatic rings. The smallest absolute Gasteiger partial charge is 0.109 e. The normalized spacial score (nSPS) is 21.5. The lowest BCUT2D eigenvalue weighted by Crippen LogP contribution is -2.44. The second-order valence-electron chi connectivity index (χ2n) is 3.31. The van der Waals surface area contributed by atoms with Gasteiger partial charge in [0.15, 0.2) is 0 Å². The molecule has 0 spiro atoms. The van der Waals surface area contributed by atoms with E-state index in [4.69, 9.17) is 3.07 Å².